The molecule has 3 nitrogen and oxygen atoms in total. The lowest BCUT2D eigenvalue weighted by atomic mass is 9.80. The molecule has 0 amide bonds. The molecular formula is C17H23ClFN3S. The fraction of sp³-hybridized carbons (Fsp3) is 0.471. The van der Waals surface area contributed by atoms with E-state index in [-0.39, 0.29) is 29.7 Å². The Morgan fingerprint density at radius 3 is 2.70 bits per heavy atom. The van der Waals surface area contributed by atoms with Crippen LogP contribution < -0.4 is 5.73 Å². The molecule has 1 aliphatic heterocycles. The Morgan fingerprint density at radius 2 is 2.04 bits per heavy atom. The van der Waals surface area contributed by atoms with E-state index in [1.165, 1.54) is 12.1 Å². The highest BCUT2D eigenvalue weighted by molar-refractivity contribution is 7.13. The number of hydrogen-bond acceptors (Lipinski definition) is 4. The zero-order valence-corrected chi connectivity index (χ0v) is 15.1. The molecule has 1 aromatic carbocycles. The smallest absolute Gasteiger partial charge is 0.123 e. The van der Waals surface area contributed by atoms with Gasteiger partial charge in [-0.05, 0) is 36.1 Å². The number of rotatable bonds is 3. The lowest BCUT2D eigenvalue weighted by molar-refractivity contribution is 0.0891. The van der Waals surface area contributed by atoms with Gasteiger partial charge in [-0.3, -0.25) is 4.90 Å². The molecule has 1 aliphatic rings. The van der Waals surface area contributed by atoms with Gasteiger partial charge in [-0.25, -0.2) is 9.37 Å². The maximum atomic E-state index is 13.0. The van der Waals surface area contributed by atoms with E-state index in [1.807, 2.05) is 0 Å². The molecule has 0 radical (unpaired) electrons. The molecular weight excluding hydrogens is 333 g/mol. The molecule has 2 heterocycles. The fourth-order valence-corrected chi connectivity index (χ4v) is 3.77. The Labute approximate surface area is 147 Å². The first-order valence-corrected chi connectivity index (χ1v) is 8.50. The van der Waals surface area contributed by atoms with Crippen molar-refractivity contribution in [3.63, 3.8) is 0 Å². The zero-order chi connectivity index (χ0) is 15.7. The number of nitrogens with zero attached hydrogens (tertiary/aromatic N) is 2. The molecule has 0 spiro atoms. The van der Waals surface area contributed by atoms with Crippen LogP contribution in [0.25, 0.3) is 10.6 Å². The number of nitrogens with two attached hydrogens (primary N) is 1. The molecule has 1 atom stereocenters. The standard InChI is InChI=1S/C17H22FN3S.ClH/c1-17(2)11-21(8-7-15(17)19)9-14-10-22-16(20-14)12-3-5-13(18)6-4-12;/h3-6,10,15H,7-9,11,19H2,1-2H3;1H. The second-order valence-corrected chi connectivity index (χ2v) is 7.60. The van der Waals surface area contributed by atoms with Crippen LogP contribution in [0.5, 0.6) is 0 Å². The molecule has 23 heavy (non-hydrogen) atoms. The van der Waals surface area contributed by atoms with E-state index in [4.69, 9.17) is 10.7 Å². The first-order valence-electron chi connectivity index (χ1n) is 7.62. The summed E-state index contributed by atoms with van der Waals surface area (Å²) in [5.74, 6) is -0.215. The van der Waals surface area contributed by atoms with Crippen LogP contribution in [0.4, 0.5) is 4.39 Å². The van der Waals surface area contributed by atoms with Crippen molar-refractivity contribution in [2.24, 2.45) is 11.1 Å². The van der Waals surface area contributed by atoms with Crippen LogP contribution in [-0.2, 0) is 6.54 Å². The third-order valence-electron chi connectivity index (χ3n) is 4.42. The van der Waals surface area contributed by atoms with Crippen LogP contribution in [0.2, 0.25) is 0 Å². The van der Waals surface area contributed by atoms with Crippen molar-refractivity contribution in [2.45, 2.75) is 32.9 Å². The van der Waals surface area contributed by atoms with Crippen molar-refractivity contribution in [3.8, 4) is 10.6 Å². The maximum absolute atomic E-state index is 13.0. The van der Waals surface area contributed by atoms with E-state index in [2.05, 4.69) is 24.1 Å². The molecule has 1 fully saturated rings. The average molecular weight is 356 g/mol. The predicted octanol–water partition coefficient (Wildman–Crippen LogP) is 3.93. The third-order valence-corrected chi connectivity index (χ3v) is 5.36. The van der Waals surface area contributed by atoms with Gasteiger partial charge >= 0.3 is 0 Å². The number of thiazole rings is 1. The number of benzene rings is 1. The van der Waals surface area contributed by atoms with E-state index < -0.39 is 0 Å². The Kier molecular flexibility index (Phi) is 5.79. The third kappa shape index (κ3) is 4.29. The van der Waals surface area contributed by atoms with Crippen LogP contribution in [0.15, 0.2) is 29.6 Å². The minimum atomic E-state index is -0.215. The van der Waals surface area contributed by atoms with Gasteiger partial charge in [0.2, 0.25) is 0 Å². The molecule has 1 unspecified atom stereocenters. The van der Waals surface area contributed by atoms with Gasteiger partial charge in [-0.1, -0.05) is 13.8 Å². The van der Waals surface area contributed by atoms with E-state index >= 15 is 0 Å². The first-order chi connectivity index (χ1) is 10.4. The number of aromatic nitrogens is 1. The summed E-state index contributed by atoms with van der Waals surface area (Å²) in [6.45, 7) is 7.34. The minimum Gasteiger partial charge on any atom is -0.327 e. The summed E-state index contributed by atoms with van der Waals surface area (Å²) >= 11 is 1.61. The predicted molar refractivity (Wildman–Crippen MR) is 96.4 cm³/mol. The Morgan fingerprint density at radius 1 is 1.35 bits per heavy atom. The Hall–Kier alpha value is -1.01. The number of halogens is 2. The Balaban J connectivity index is 0.00000192. The summed E-state index contributed by atoms with van der Waals surface area (Å²) in [6.07, 6.45) is 1.03. The van der Waals surface area contributed by atoms with Crippen molar-refractivity contribution in [2.75, 3.05) is 13.1 Å². The molecule has 0 aliphatic carbocycles. The number of piperidine rings is 1. The quantitative estimate of drug-likeness (QED) is 0.907. The van der Waals surface area contributed by atoms with Crippen LogP contribution in [0, 0.1) is 11.2 Å². The summed E-state index contributed by atoms with van der Waals surface area (Å²) < 4.78 is 13.0. The van der Waals surface area contributed by atoms with E-state index in [0.717, 1.165) is 42.3 Å². The Bertz CT molecular complexity index is 642. The lowest BCUT2D eigenvalue weighted by Crippen LogP contribution is -2.52. The summed E-state index contributed by atoms with van der Waals surface area (Å²) in [6, 6.07) is 6.78. The van der Waals surface area contributed by atoms with Crippen molar-refractivity contribution in [3.05, 3.63) is 41.2 Å². The molecule has 2 aromatic rings. The van der Waals surface area contributed by atoms with Crippen LogP contribution in [0.1, 0.15) is 26.0 Å². The molecule has 2 N–H and O–H groups in total. The van der Waals surface area contributed by atoms with Crippen LogP contribution in [-0.4, -0.2) is 29.0 Å². The summed E-state index contributed by atoms with van der Waals surface area (Å²) in [4.78, 5) is 7.12. The highest BCUT2D eigenvalue weighted by Crippen LogP contribution is 2.29. The van der Waals surface area contributed by atoms with Crippen molar-refractivity contribution >= 4 is 23.7 Å². The normalized spacial score (nSPS) is 21.0. The lowest BCUT2D eigenvalue weighted by Gasteiger charge is -2.42. The second-order valence-electron chi connectivity index (χ2n) is 6.75. The van der Waals surface area contributed by atoms with Gasteiger partial charge in [0.05, 0.1) is 5.69 Å². The molecule has 1 aromatic heterocycles. The molecule has 1 saturated heterocycles. The summed E-state index contributed by atoms with van der Waals surface area (Å²) in [5, 5.41) is 3.04. The van der Waals surface area contributed by atoms with Gasteiger partial charge in [0.15, 0.2) is 0 Å². The van der Waals surface area contributed by atoms with Gasteiger partial charge in [0.25, 0.3) is 0 Å². The molecule has 126 valence electrons. The van der Waals surface area contributed by atoms with Gasteiger partial charge in [0, 0.05) is 36.6 Å². The topological polar surface area (TPSA) is 42.2 Å². The van der Waals surface area contributed by atoms with Crippen LogP contribution in [0.3, 0.4) is 0 Å². The van der Waals surface area contributed by atoms with Gasteiger partial charge in [-0.2, -0.15) is 0 Å². The fourth-order valence-electron chi connectivity index (χ4n) is 2.95. The second kappa shape index (κ2) is 7.26. The van der Waals surface area contributed by atoms with Crippen molar-refractivity contribution in [1.29, 1.82) is 0 Å². The zero-order valence-electron chi connectivity index (χ0n) is 13.5. The van der Waals surface area contributed by atoms with Gasteiger partial charge in [0.1, 0.15) is 10.8 Å². The van der Waals surface area contributed by atoms with Crippen LogP contribution >= 0.6 is 23.7 Å². The highest BCUT2D eigenvalue weighted by Gasteiger charge is 2.33. The number of likely N-dealkylation sites (tertiary alicyclic amines) is 1. The van der Waals surface area contributed by atoms with E-state index in [9.17, 15) is 4.39 Å². The number of hydrogen-bond donors (Lipinski definition) is 1. The van der Waals surface area contributed by atoms with Gasteiger partial charge in [-0.15, -0.1) is 23.7 Å². The molecule has 0 bridgehead atoms. The maximum Gasteiger partial charge on any atom is 0.123 e. The van der Waals surface area contributed by atoms with E-state index in [0.29, 0.717) is 0 Å². The minimum absolute atomic E-state index is 0. The average Bonchev–Trinajstić information content (AvgIpc) is 2.92. The molecule has 3 rings (SSSR count). The first kappa shape index (κ1) is 18.3. The summed E-state index contributed by atoms with van der Waals surface area (Å²) in [5.41, 5.74) is 8.39. The SMILES string of the molecule is CC1(C)CN(Cc2csc(-c3ccc(F)cc3)n2)CCC1N.Cl. The van der Waals surface area contributed by atoms with Crippen molar-refractivity contribution < 1.29 is 4.39 Å². The van der Waals surface area contributed by atoms with Crippen molar-refractivity contribution in [1.82, 2.24) is 9.88 Å². The highest BCUT2D eigenvalue weighted by atomic mass is 35.5. The summed E-state index contributed by atoms with van der Waals surface area (Å²) in [7, 11) is 0. The molecule has 6 heteroatoms. The monoisotopic (exact) mass is 355 g/mol. The van der Waals surface area contributed by atoms with Gasteiger partial charge < -0.3 is 5.73 Å². The largest absolute Gasteiger partial charge is 0.327 e. The molecule has 0 saturated carbocycles. The van der Waals surface area contributed by atoms with E-state index in [1.54, 1.807) is 23.5 Å².